The highest BCUT2D eigenvalue weighted by Crippen LogP contribution is 2.33. The normalized spacial score (nSPS) is 14.7. The molecule has 0 N–H and O–H groups in total. The second kappa shape index (κ2) is 8.00. The van der Waals surface area contributed by atoms with Gasteiger partial charge in [0.1, 0.15) is 0 Å². The minimum Gasteiger partial charge on any atom is -0.466 e. The lowest BCUT2D eigenvalue weighted by atomic mass is 10.1. The molecule has 0 saturated carbocycles. The molecule has 0 fully saturated rings. The first-order chi connectivity index (χ1) is 14.0. The predicted molar refractivity (Wildman–Crippen MR) is 111 cm³/mol. The molecule has 2 heterocycles. The van der Waals surface area contributed by atoms with Gasteiger partial charge in [0.25, 0.3) is 0 Å². The van der Waals surface area contributed by atoms with Crippen molar-refractivity contribution in [1.29, 1.82) is 0 Å². The molecule has 29 heavy (non-hydrogen) atoms. The van der Waals surface area contributed by atoms with Gasteiger partial charge in [-0.15, -0.1) is 0 Å². The number of aryl methyl sites for hydroxylation is 1. The monoisotopic (exact) mass is 412 g/mol. The van der Waals surface area contributed by atoms with E-state index in [9.17, 15) is 13.2 Å². The molecule has 152 valence electrons. The quantitative estimate of drug-likeness (QED) is 0.583. The third-order valence-electron chi connectivity index (χ3n) is 5.35. The fourth-order valence-electron chi connectivity index (χ4n) is 4.01. The Labute approximate surface area is 170 Å². The van der Waals surface area contributed by atoms with Gasteiger partial charge in [-0.05, 0) is 30.7 Å². The lowest BCUT2D eigenvalue weighted by Crippen LogP contribution is -2.36. The van der Waals surface area contributed by atoms with Crippen LogP contribution < -0.4 is 0 Å². The standard InChI is InChI=1S/C22H24N2O4S/c1-2-28-22(25)13-15-24-20-11-7-6-10-18(20)19-16-23(14-12-21(19)24)29(26,27)17-8-4-3-5-9-17/h3-11H,2,12-16H2,1H3. The zero-order chi connectivity index (χ0) is 20.4. The molecule has 7 heteroatoms. The molecular formula is C22H24N2O4S. The average Bonchev–Trinajstić information content (AvgIpc) is 3.06. The summed E-state index contributed by atoms with van der Waals surface area (Å²) in [6, 6.07) is 16.5. The van der Waals surface area contributed by atoms with E-state index in [1.165, 1.54) is 0 Å². The lowest BCUT2D eigenvalue weighted by molar-refractivity contribution is -0.143. The molecule has 0 amide bonds. The van der Waals surface area contributed by atoms with E-state index in [4.69, 9.17) is 4.74 Å². The minimum atomic E-state index is -3.55. The summed E-state index contributed by atoms with van der Waals surface area (Å²) in [7, 11) is -3.55. The number of ether oxygens (including phenoxy) is 1. The number of nitrogens with zero attached hydrogens (tertiary/aromatic N) is 2. The number of para-hydroxylation sites is 1. The van der Waals surface area contributed by atoms with Crippen LogP contribution in [0.4, 0.5) is 0 Å². The van der Waals surface area contributed by atoms with Crippen molar-refractivity contribution >= 4 is 26.9 Å². The van der Waals surface area contributed by atoms with Crippen molar-refractivity contribution in [3.63, 3.8) is 0 Å². The lowest BCUT2D eigenvalue weighted by Gasteiger charge is -2.27. The second-order valence-electron chi connectivity index (χ2n) is 7.05. The Hall–Kier alpha value is -2.64. The highest BCUT2D eigenvalue weighted by Gasteiger charge is 2.31. The molecule has 3 aromatic rings. The minimum absolute atomic E-state index is 0.219. The molecule has 2 aromatic carbocycles. The summed E-state index contributed by atoms with van der Waals surface area (Å²) >= 11 is 0. The van der Waals surface area contributed by atoms with Crippen LogP contribution in [0.3, 0.4) is 0 Å². The molecule has 0 radical (unpaired) electrons. The van der Waals surface area contributed by atoms with E-state index in [0.717, 1.165) is 22.2 Å². The van der Waals surface area contributed by atoms with Crippen LogP contribution in [0.25, 0.3) is 10.9 Å². The van der Waals surface area contributed by atoms with Crippen LogP contribution >= 0.6 is 0 Å². The van der Waals surface area contributed by atoms with E-state index in [0.29, 0.717) is 44.0 Å². The third-order valence-corrected chi connectivity index (χ3v) is 7.21. The van der Waals surface area contributed by atoms with Gasteiger partial charge in [-0.3, -0.25) is 4.79 Å². The first-order valence-corrected chi connectivity index (χ1v) is 11.3. The smallest absolute Gasteiger partial charge is 0.307 e. The second-order valence-corrected chi connectivity index (χ2v) is 8.99. The number of hydrogen-bond donors (Lipinski definition) is 0. The highest BCUT2D eigenvalue weighted by atomic mass is 32.2. The Bertz CT molecular complexity index is 1140. The Morgan fingerprint density at radius 3 is 2.55 bits per heavy atom. The summed E-state index contributed by atoms with van der Waals surface area (Å²) in [5, 5.41) is 1.04. The largest absolute Gasteiger partial charge is 0.466 e. The predicted octanol–water partition coefficient (Wildman–Crippen LogP) is 3.34. The van der Waals surface area contributed by atoms with Gasteiger partial charge in [0.2, 0.25) is 10.0 Å². The average molecular weight is 413 g/mol. The Morgan fingerprint density at radius 1 is 1.07 bits per heavy atom. The maximum absolute atomic E-state index is 13.1. The van der Waals surface area contributed by atoms with Crippen LogP contribution in [0.1, 0.15) is 24.6 Å². The van der Waals surface area contributed by atoms with E-state index < -0.39 is 10.0 Å². The van der Waals surface area contributed by atoms with Gasteiger partial charge in [-0.25, -0.2) is 8.42 Å². The molecule has 0 unspecified atom stereocenters. The summed E-state index contributed by atoms with van der Waals surface area (Å²) in [5.41, 5.74) is 3.16. The zero-order valence-electron chi connectivity index (χ0n) is 16.4. The maximum atomic E-state index is 13.1. The first-order valence-electron chi connectivity index (χ1n) is 9.82. The number of aromatic nitrogens is 1. The number of rotatable bonds is 6. The maximum Gasteiger partial charge on any atom is 0.307 e. The van der Waals surface area contributed by atoms with Crippen molar-refractivity contribution in [3.8, 4) is 0 Å². The van der Waals surface area contributed by atoms with Gasteiger partial charge in [0.05, 0.1) is 17.9 Å². The van der Waals surface area contributed by atoms with Crippen molar-refractivity contribution in [2.24, 2.45) is 0 Å². The van der Waals surface area contributed by atoms with Crippen molar-refractivity contribution in [3.05, 3.63) is 65.9 Å². The Balaban J connectivity index is 1.68. The van der Waals surface area contributed by atoms with Gasteiger partial charge in [-0.1, -0.05) is 36.4 Å². The molecule has 6 nitrogen and oxygen atoms in total. The van der Waals surface area contributed by atoms with Gasteiger partial charge < -0.3 is 9.30 Å². The first kappa shape index (κ1) is 19.7. The van der Waals surface area contributed by atoms with E-state index >= 15 is 0 Å². The molecule has 0 atom stereocenters. The number of hydrogen-bond acceptors (Lipinski definition) is 4. The summed E-state index contributed by atoms with van der Waals surface area (Å²) in [5.74, 6) is -0.219. The highest BCUT2D eigenvalue weighted by molar-refractivity contribution is 7.89. The summed E-state index contributed by atoms with van der Waals surface area (Å²) in [4.78, 5) is 12.2. The van der Waals surface area contributed by atoms with Crippen LogP contribution in [0.15, 0.2) is 59.5 Å². The number of esters is 1. The van der Waals surface area contributed by atoms with Crippen LogP contribution in [0.2, 0.25) is 0 Å². The van der Waals surface area contributed by atoms with E-state index in [-0.39, 0.29) is 5.97 Å². The topological polar surface area (TPSA) is 68.6 Å². The van der Waals surface area contributed by atoms with Gasteiger partial charge in [-0.2, -0.15) is 4.31 Å². The SMILES string of the molecule is CCOC(=O)CCn1c2c(c3ccccc31)CN(S(=O)(=O)c1ccccc1)CC2. The number of fused-ring (bicyclic) bond motifs is 3. The fourth-order valence-corrected chi connectivity index (χ4v) is 5.44. The van der Waals surface area contributed by atoms with E-state index in [2.05, 4.69) is 4.57 Å². The summed E-state index contributed by atoms with van der Waals surface area (Å²) in [6.45, 7) is 3.45. The fraction of sp³-hybridized carbons (Fsp3) is 0.318. The molecular weight excluding hydrogens is 388 g/mol. The molecule has 4 rings (SSSR count). The van der Waals surface area contributed by atoms with Crippen molar-refractivity contribution in [1.82, 2.24) is 8.87 Å². The third kappa shape index (κ3) is 3.68. The Morgan fingerprint density at radius 2 is 1.79 bits per heavy atom. The van der Waals surface area contributed by atoms with E-state index in [1.54, 1.807) is 35.5 Å². The molecule has 0 saturated heterocycles. The van der Waals surface area contributed by atoms with Crippen molar-refractivity contribution in [2.75, 3.05) is 13.2 Å². The summed E-state index contributed by atoms with van der Waals surface area (Å²) in [6.07, 6.45) is 0.907. The molecule has 0 bridgehead atoms. The molecule has 1 aromatic heterocycles. The molecule has 1 aliphatic heterocycles. The number of carbonyl (C=O) groups excluding carboxylic acids is 1. The van der Waals surface area contributed by atoms with Crippen LogP contribution in [0.5, 0.6) is 0 Å². The van der Waals surface area contributed by atoms with Crippen LogP contribution in [-0.4, -0.2) is 36.4 Å². The molecule has 0 aliphatic carbocycles. The number of sulfonamides is 1. The van der Waals surface area contributed by atoms with Crippen molar-refractivity contribution < 1.29 is 17.9 Å². The molecule has 1 aliphatic rings. The van der Waals surface area contributed by atoms with Gasteiger partial charge >= 0.3 is 5.97 Å². The van der Waals surface area contributed by atoms with Crippen LogP contribution in [-0.2, 0) is 39.1 Å². The summed E-state index contributed by atoms with van der Waals surface area (Å²) < 4.78 is 34.9. The van der Waals surface area contributed by atoms with E-state index in [1.807, 2.05) is 30.3 Å². The number of carbonyl (C=O) groups is 1. The van der Waals surface area contributed by atoms with Crippen molar-refractivity contribution in [2.45, 2.75) is 37.8 Å². The Kier molecular flexibility index (Phi) is 5.43. The number of benzene rings is 2. The molecule has 0 spiro atoms. The van der Waals surface area contributed by atoms with Crippen LogP contribution in [0, 0.1) is 0 Å². The van der Waals surface area contributed by atoms with Gasteiger partial charge in [0.15, 0.2) is 0 Å². The zero-order valence-corrected chi connectivity index (χ0v) is 17.2. The van der Waals surface area contributed by atoms with Gasteiger partial charge in [0, 0.05) is 42.7 Å².